The molecule has 0 spiro atoms. The lowest BCUT2D eigenvalue weighted by molar-refractivity contribution is 0.224. The van der Waals surface area contributed by atoms with Crippen LogP contribution >= 0.6 is 11.8 Å². The Hall–Kier alpha value is -0.970. The molecule has 2 N–H and O–H groups in total. The number of aromatic amines is 1. The zero-order valence-electron chi connectivity index (χ0n) is 11.7. The smallest absolute Gasteiger partial charge is 0.0768 e. The van der Waals surface area contributed by atoms with Crippen molar-refractivity contribution in [2.45, 2.75) is 17.4 Å². The van der Waals surface area contributed by atoms with E-state index in [2.05, 4.69) is 39.5 Å². The van der Waals surface area contributed by atoms with Crippen LogP contribution in [0.1, 0.15) is 17.9 Å². The minimum atomic E-state index is 0.695. The van der Waals surface area contributed by atoms with Gasteiger partial charge in [0.2, 0.25) is 0 Å². The highest BCUT2D eigenvalue weighted by Gasteiger charge is 2.27. The second-order valence-electron chi connectivity index (χ2n) is 5.80. The van der Waals surface area contributed by atoms with Crippen molar-refractivity contribution in [3.8, 4) is 0 Å². The summed E-state index contributed by atoms with van der Waals surface area (Å²) >= 11 is 1.99. The number of piperazine rings is 1. The molecule has 4 heteroatoms. The summed E-state index contributed by atoms with van der Waals surface area (Å²) < 4.78 is 0. The number of benzene rings is 1. The number of hydrogen-bond donors (Lipinski definition) is 2. The molecule has 1 fully saturated rings. The van der Waals surface area contributed by atoms with Crippen LogP contribution in [0.2, 0.25) is 0 Å². The van der Waals surface area contributed by atoms with E-state index < -0.39 is 0 Å². The van der Waals surface area contributed by atoms with E-state index in [9.17, 15) is 0 Å². The van der Waals surface area contributed by atoms with Gasteiger partial charge < -0.3 is 15.2 Å². The molecule has 3 heterocycles. The van der Waals surface area contributed by atoms with Crippen molar-refractivity contribution in [1.29, 1.82) is 0 Å². The van der Waals surface area contributed by atoms with Crippen molar-refractivity contribution in [1.82, 2.24) is 15.2 Å². The van der Waals surface area contributed by atoms with Crippen LogP contribution in [0.4, 0.5) is 0 Å². The standard InChI is InChI=1S/C16H21N3S/c1-2-4-14-13(3-1)15-12(5-10-20-16(15)18-14)11-19-8-6-17-7-9-19/h1-4,12,17-18H,5-11H2. The maximum Gasteiger partial charge on any atom is 0.0768 e. The van der Waals surface area contributed by atoms with Crippen LogP contribution in [0.15, 0.2) is 29.3 Å². The molecule has 0 bridgehead atoms. The summed E-state index contributed by atoms with van der Waals surface area (Å²) in [5.74, 6) is 1.94. The van der Waals surface area contributed by atoms with Gasteiger partial charge in [-0.15, -0.1) is 11.8 Å². The van der Waals surface area contributed by atoms with Crippen LogP contribution in [-0.2, 0) is 0 Å². The van der Waals surface area contributed by atoms with Gasteiger partial charge in [0.25, 0.3) is 0 Å². The minimum absolute atomic E-state index is 0.695. The zero-order valence-corrected chi connectivity index (χ0v) is 12.5. The summed E-state index contributed by atoms with van der Waals surface area (Å²) in [6, 6.07) is 8.77. The molecular weight excluding hydrogens is 266 g/mol. The van der Waals surface area contributed by atoms with Crippen molar-refractivity contribution in [2.75, 3.05) is 38.5 Å². The Morgan fingerprint density at radius 2 is 2.05 bits per heavy atom. The topological polar surface area (TPSA) is 31.1 Å². The molecule has 106 valence electrons. The molecule has 1 aromatic carbocycles. The number of rotatable bonds is 2. The summed E-state index contributed by atoms with van der Waals surface area (Å²) in [4.78, 5) is 6.24. The zero-order chi connectivity index (χ0) is 13.4. The fourth-order valence-corrected chi connectivity index (χ4v) is 4.71. The average Bonchev–Trinajstić information content (AvgIpc) is 2.88. The van der Waals surface area contributed by atoms with Gasteiger partial charge in [0.05, 0.1) is 5.03 Å². The number of hydrogen-bond acceptors (Lipinski definition) is 3. The monoisotopic (exact) mass is 287 g/mol. The lowest BCUT2D eigenvalue weighted by atomic mass is 9.94. The second-order valence-corrected chi connectivity index (χ2v) is 6.90. The molecule has 20 heavy (non-hydrogen) atoms. The molecule has 1 atom stereocenters. The molecule has 3 nitrogen and oxygen atoms in total. The number of aromatic nitrogens is 1. The summed E-state index contributed by atoms with van der Waals surface area (Å²) in [6.45, 7) is 5.89. The highest BCUT2D eigenvalue weighted by atomic mass is 32.2. The molecule has 1 aromatic heterocycles. The molecule has 0 radical (unpaired) electrons. The number of H-pyrrole nitrogens is 1. The second kappa shape index (κ2) is 5.43. The number of fused-ring (bicyclic) bond motifs is 3. The first kappa shape index (κ1) is 12.7. The van der Waals surface area contributed by atoms with Crippen molar-refractivity contribution in [2.24, 2.45) is 0 Å². The lowest BCUT2D eigenvalue weighted by Crippen LogP contribution is -2.45. The van der Waals surface area contributed by atoms with E-state index in [-0.39, 0.29) is 0 Å². The van der Waals surface area contributed by atoms with E-state index in [1.54, 1.807) is 5.56 Å². The third-order valence-electron chi connectivity index (χ3n) is 4.52. The third kappa shape index (κ3) is 2.26. The van der Waals surface area contributed by atoms with Crippen molar-refractivity contribution in [3.63, 3.8) is 0 Å². The Morgan fingerprint density at radius 1 is 1.20 bits per heavy atom. The van der Waals surface area contributed by atoms with E-state index in [4.69, 9.17) is 0 Å². The van der Waals surface area contributed by atoms with Gasteiger partial charge in [0, 0.05) is 55.3 Å². The first-order valence-corrected chi connectivity index (χ1v) is 8.57. The summed E-state index contributed by atoms with van der Waals surface area (Å²) in [6.07, 6.45) is 1.31. The minimum Gasteiger partial charge on any atom is -0.349 e. The molecule has 2 aliphatic heterocycles. The van der Waals surface area contributed by atoms with Crippen molar-refractivity contribution < 1.29 is 0 Å². The first-order chi connectivity index (χ1) is 9.92. The maximum absolute atomic E-state index is 3.62. The molecule has 0 aliphatic carbocycles. The summed E-state index contributed by atoms with van der Waals surface area (Å²) in [5.41, 5.74) is 2.88. The fourth-order valence-electron chi connectivity index (χ4n) is 3.49. The predicted molar refractivity (Wildman–Crippen MR) is 85.7 cm³/mol. The van der Waals surface area contributed by atoms with Crippen LogP contribution in [0.5, 0.6) is 0 Å². The van der Waals surface area contributed by atoms with Gasteiger partial charge >= 0.3 is 0 Å². The molecule has 2 aliphatic rings. The number of nitrogens with one attached hydrogen (secondary N) is 2. The van der Waals surface area contributed by atoms with Crippen LogP contribution in [0, 0.1) is 0 Å². The SMILES string of the molecule is c1ccc2c3c([nH]c2c1)SCCC3CN1CCNCC1. The summed E-state index contributed by atoms with van der Waals surface area (Å²) in [5, 5.41) is 6.30. The van der Waals surface area contributed by atoms with Gasteiger partial charge in [-0.25, -0.2) is 0 Å². The fraction of sp³-hybridized carbons (Fsp3) is 0.500. The van der Waals surface area contributed by atoms with Crippen LogP contribution in [-0.4, -0.2) is 48.4 Å². The molecule has 0 saturated carbocycles. The van der Waals surface area contributed by atoms with Gasteiger partial charge in [-0.3, -0.25) is 0 Å². The van der Waals surface area contributed by atoms with E-state index >= 15 is 0 Å². The summed E-state index contributed by atoms with van der Waals surface area (Å²) in [7, 11) is 0. The van der Waals surface area contributed by atoms with Gasteiger partial charge in [0.1, 0.15) is 0 Å². The first-order valence-electron chi connectivity index (χ1n) is 7.58. The van der Waals surface area contributed by atoms with Gasteiger partial charge in [-0.2, -0.15) is 0 Å². The molecule has 1 unspecified atom stereocenters. The van der Waals surface area contributed by atoms with E-state index in [1.165, 1.54) is 47.7 Å². The Balaban J connectivity index is 1.66. The molecule has 0 amide bonds. The van der Waals surface area contributed by atoms with Crippen molar-refractivity contribution in [3.05, 3.63) is 29.8 Å². The Kier molecular flexibility index (Phi) is 3.46. The van der Waals surface area contributed by atoms with E-state index in [0.29, 0.717) is 5.92 Å². The van der Waals surface area contributed by atoms with Gasteiger partial charge in [0.15, 0.2) is 0 Å². The largest absolute Gasteiger partial charge is 0.349 e. The third-order valence-corrected chi connectivity index (χ3v) is 5.57. The van der Waals surface area contributed by atoms with Crippen LogP contribution in [0.25, 0.3) is 10.9 Å². The van der Waals surface area contributed by atoms with Crippen molar-refractivity contribution >= 4 is 22.7 Å². The lowest BCUT2D eigenvalue weighted by Gasteiger charge is -2.32. The quantitative estimate of drug-likeness (QED) is 0.890. The highest BCUT2D eigenvalue weighted by molar-refractivity contribution is 7.99. The maximum atomic E-state index is 3.62. The molecule has 1 saturated heterocycles. The van der Waals surface area contributed by atoms with E-state index in [0.717, 1.165) is 13.1 Å². The van der Waals surface area contributed by atoms with Crippen LogP contribution in [0.3, 0.4) is 0 Å². The highest BCUT2D eigenvalue weighted by Crippen LogP contribution is 2.42. The average molecular weight is 287 g/mol. The number of nitrogens with zero attached hydrogens (tertiary/aromatic N) is 1. The Morgan fingerprint density at radius 3 is 2.95 bits per heavy atom. The normalized spacial score (nSPS) is 23.9. The van der Waals surface area contributed by atoms with E-state index in [1.807, 2.05) is 11.8 Å². The number of thioether (sulfide) groups is 1. The molecule has 4 rings (SSSR count). The van der Waals surface area contributed by atoms with Gasteiger partial charge in [-0.1, -0.05) is 18.2 Å². The molecule has 2 aromatic rings. The molecular formula is C16H21N3S. The van der Waals surface area contributed by atoms with Gasteiger partial charge in [-0.05, 0) is 18.1 Å². The number of para-hydroxylation sites is 1. The predicted octanol–water partition coefficient (Wildman–Crippen LogP) is 2.65. The van der Waals surface area contributed by atoms with Crippen LogP contribution < -0.4 is 5.32 Å². The Labute approximate surface area is 124 Å². The Bertz CT molecular complexity index is 601.